The monoisotopic (exact) mass is 374 g/mol. The van der Waals surface area contributed by atoms with Crippen molar-refractivity contribution in [1.29, 1.82) is 0 Å². The van der Waals surface area contributed by atoms with Crippen molar-refractivity contribution in [2.24, 2.45) is 0 Å². The molecule has 2 rings (SSSR count). The van der Waals surface area contributed by atoms with E-state index in [2.05, 4.69) is 0 Å². The Kier molecular flexibility index (Phi) is 6.45. The van der Waals surface area contributed by atoms with Crippen molar-refractivity contribution in [3.8, 4) is 5.75 Å². The summed E-state index contributed by atoms with van der Waals surface area (Å²) in [6, 6.07) is 10.7. The Hall–Kier alpha value is -0.870. The number of thioether (sulfide) groups is 1. The van der Waals surface area contributed by atoms with Crippen LogP contribution in [0, 0.1) is 6.92 Å². The maximum Gasteiger partial charge on any atom is 0.226 e. The van der Waals surface area contributed by atoms with E-state index in [-0.39, 0.29) is 11.7 Å². The Balaban J connectivity index is 1.85. The van der Waals surface area contributed by atoms with Crippen LogP contribution in [0.2, 0.25) is 15.1 Å². The fourth-order valence-corrected chi connectivity index (χ4v) is 2.89. The van der Waals surface area contributed by atoms with Crippen LogP contribution in [0.25, 0.3) is 0 Å². The largest absolute Gasteiger partial charge is 0.483 e. The van der Waals surface area contributed by atoms with E-state index in [0.29, 0.717) is 26.6 Å². The molecule has 0 spiro atoms. The third kappa shape index (κ3) is 5.10. The lowest BCUT2D eigenvalue weighted by molar-refractivity contribution is -0.112. The Labute approximate surface area is 148 Å². The number of hydrogen-bond donors (Lipinski definition) is 0. The minimum Gasteiger partial charge on any atom is -0.483 e. The quantitative estimate of drug-likeness (QED) is 0.661. The molecule has 0 aliphatic carbocycles. The molecule has 2 nitrogen and oxygen atoms in total. The maximum absolute atomic E-state index is 11.9. The molecule has 0 aliphatic heterocycles. The van der Waals surface area contributed by atoms with Crippen molar-refractivity contribution in [1.82, 2.24) is 0 Å². The van der Waals surface area contributed by atoms with Crippen molar-refractivity contribution in [2.75, 3.05) is 6.61 Å². The van der Waals surface area contributed by atoms with Crippen LogP contribution >= 0.6 is 46.6 Å². The summed E-state index contributed by atoms with van der Waals surface area (Å²) in [6.45, 7) is 1.81. The van der Waals surface area contributed by atoms with Crippen molar-refractivity contribution < 1.29 is 9.53 Å². The summed E-state index contributed by atoms with van der Waals surface area (Å²) >= 11 is 19.0. The Morgan fingerprint density at radius 3 is 2.45 bits per heavy atom. The van der Waals surface area contributed by atoms with E-state index >= 15 is 0 Å². The molecule has 0 bridgehead atoms. The molecule has 0 atom stereocenters. The zero-order valence-corrected chi connectivity index (χ0v) is 14.8. The van der Waals surface area contributed by atoms with Gasteiger partial charge < -0.3 is 4.74 Å². The van der Waals surface area contributed by atoms with E-state index in [1.54, 1.807) is 24.3 Å². The van der Waals surface area contributed by atoms with E-state index in [4.69, 9.17) is 39.5 Å². The SMILES string of the molecule is Cc1cc(OCC(=O)SCc2ccc(Cl)cc2)c(Cl)cc1Cl. The molecule has 0 N–H and O–H groups in total. The number of aryl methyl sites for hydroxylation is 1. The summed E-state index contributed by atoms with van der Waals surface area (Å²) in [5.74, 6) is 1.04. The van der Waals surface area contributed by atoms with E-state index in [1.807, 2.05) is 19.1 Å². The highest BCUT2D eigenvalue weighted by molar-refractivity contribution is 8.13. The van der Waals surface area contributed by atoms with E-state index in [1.165, 1.54) is 11.8 Å². The summed E-state index contributed by atoms with van der Waals surface area (Å²) in [4.78, 5) is 11.9. The van der Waals surface area contributed by atoms with Crippen molar-refractivity contribution in [3.05, 3.63) is 62.6 Å². The van der Waals surface area contributed by atoms with Gasteiger partial charge in [-0.05, 0) is 42.3 Å². The molecule has 6 heteroatoms. The predicted octanol–water partition coefficient (Wildman–Crippen LogP) is 5.79. The first kappa shape index (κ1) is 17.5. The van der Waals surface area contributed by atoms with Gasteiger partial charge >= 0.3 is 0 Å². The van der Waals surface area contributed by atoms with Gasteiger partial charge in [-0.15, -0.1) is 0 Å². The predicted molar refractivity (Wildman–Crippen MR) is 94.4 cm³/mol. The van der Waals surface area contributed by atoms with Crippen LogP contribution in [0.1, 0.15) is 11.1 Å². The highest BCUT2D eigenvalue weighted by atomic mass is 35.5. The van der Waals surface area contributed by atoms with Crippen LogP contribution < -0.4 is 4.74 Å². The summed E-state index contributed by atoms with van der Waals surface area (Å²) in [6.07, 6.45) is 0. The first-order valence-corrected chi connectivity index (χ1v) is 8.56. The second-order valence-corrected chi connectivity index (χ2v) is 6.89. The minimum atomic E-state index is -0.0707. The fraction of sp³-hybridized carbons (Fsp3) is 0.188. The summed E-state index contributed by atoms with van der Waals surface area (Å²) < 4.78 is 5.46. The van der Waals surface area contributed by atoms with Gasteiger partial charge in [0.05, 0.1) is 5.02 Å². The van der Waals surface area contributed by atoms with Gasteiger partial charge in [-0.3, -0.25) is 4.79 Å². The normalized spacial score (nSPS) is 10.5. The third-order valence-corrected chi connectivity index (χ3v) is 4.74. The standard InChI is InChI=1S/C16H13Cl3O2S/c1-10-6-15(14(19)7-13(10)18)21-8-16(20)22-9-11-2-4-12(17)5-3-11/h2-7H,8-9H2,1H3. The molecule has 0 fully saturated rings. The Bertz CT molecular complexity index is 672. The molecule has 0 unspecified atom stereocenters. The molecule has 2 aromatic rings. The number of benzene rings is 2. The zero-order chi connectivity index (χ0) is 16.1. The zero-order valence-electron chi connectivity index (χ0n) is 11.7. The maximum atomic E-state index is 11.9. The molecule has 0 aliphatic rings. The van der Waals surface area contributed by atoms with Gasteiger partial charge in [-0.2, -0.15) is 0 Å². The van der Waals surface area contributed by atoms with Crippen molar-refractivity contribution in [3.63, 3.8) is 0 Å². The number of hydrogen-bond acceptors (Lipinski definition) is 3. The third-order valence-electron chi connectivity index (χ3n) is 2.87. The Morgan fingerprint density at radius 1 is 1.09 bits per heavy atom. The van der Waals surface area contributed by atoms with Gasteiger partial charge in [-0.1, -0.05) is 58.7 Å². The molecular formula is C16H13Cl3O2S. The molecule has 2 aromatic carbocycles. The van der Waals surface area contributed by atoms with E-state index in [9.17, 15) is 4.79 Å². The van der Waals surface area contributed by atoms with Crippen LogP contribution in [0.15, 0.2) is 36.4 Å². The lowest BCUT2D eigenvalue weighted by atomic mass is 10.2. The summed E-state index contributed by atoms with van der Waals surface area (Å²) in [5, 5.41) is 1.57. The summed E-state index contributed by atoms with van der Waals surface area (Å²) in [7, 11) is 0. The number of carbonyl (C=O) groups excluding carboxylic acids is 1. The second-order valence-electron chi connectivity index (χ2n) is 4.61. The van der Waals surface area contributed by atoms with Crippen LogP contribution in [0.5, 0.6) is 5.75 Å². The molecule has 0 saturated heterocycles. The average Bonchev–Trinajstić information content (AvgIpc) is 2.49. The van der Waals surface area contributed by atoms with Gasteiger partial charge in [0.1, 0.15) is 5.75 Å². The topological polar surface area (TPSA) is 26.3 Å². The molecule has 0 radical (unpaired) electrons. The van der Waals surface area contributed by atoms with Crippen molar-refractivity contribution in [2.45, 2.75) is 12.7 Å². The smallest absolute Gasteiger partial charge is 0.226 e. The van der Waals surface area contributed by atoms with E-state index < -0.39 is 0 Å². The lowest BCUT2D eigenvalue weighted by Gasteiger charge is -2.09. The summed E-state index contributed by atoms with van der Waals surface area (Å²) in [5.41, 5.74) is 1.88. The average molecular weight is 376 g/mol. The second kappa shape index (κ2) is 8.11. The van der Waals surface area contributed by atoms with Gasteiger partial charge in [0.15, 0.2) is 6.61 Å². The molecule has 116 valence electrons. The van der Waals surface area contributed by atoms with Crippen LogP contribution in [0.4, 0.5) is 0 Å². The molecule has 0 aromatic heterocycles. The molecule has 0 heterocycles. The van der Waals surface area contributed by atoms with Crippen LogP contribution in [-0.2, 0) is 10.5 Å². The highest BCUT2D eigenvalue weighted by Gasteiger charge is 2.09. The number of ether oxygens (including phenoxy) is 1. The van der Waals surface area contributed by atoms with E-state index in [0.717, 1.165) is 11.1 Å². The van der Waals surface area contributed by atoms with Gasteiger partial charge in [0.2, 0.25) is 5.12 Å². The van der Waals surface area contributed by atoms with Gasteiger partial charge in [0, 0.05) is 15.8 Å². The first-order valence-electron chi connectivity index (χ1n) is 6.44. The number of halogens is 3. The first-order chi connectivity index (χ1) is 10.5. The molecule has 0 saturated carbocycles. The van der Waals surface area contributed by atoms with Crippen LogP contribution in [0.3, 0.4) is 0 Å². The Morgan fingerprint density at radius 2 is 1.77 bits per heavy atom. The fourth-order valence-electron chi connectivity index (χ4n) is 1.66. The molecule has 0 amide bonds. The highest BCUT2D eigenvalue weighted by Crippen LogP contribution is 2.30. The molecular weight excluding hydrogens is 363 g/mol. The number of carbonyl (C=O) groups is 1. The van der Waals surface area contributed by atoms with Gasteiger partial charge in [-0.25, -0.2) is 0 Å². The minimum absolute atomic E-state index is 0.0426. The lowest BCUT2D eigenvalue weighted by Crippen LogP contribution is -2.08. The van der Waals surface area contributed by atoms with Gasteiger partial charge in [0.25, 0.3) is 0 Å². The van der Waals surface area contributed by atoms with Crippen molar-refractivity contribution >= 4 is 51.7 Å². The number of rotatable bonds is 5. The molecule has 22 heavy (non-hydrogen) atoms. The van der Waals surface area contributed by atoms with Crippen LogP contribution in [-0.4, -0.2) is 11.7 Å².